The van der Waals surface area contributed by atoms with Gasteiger partial charge in [0.25, 0.3) is 5.91 Å². The minimum Gasteiger partial charge on any atom is -0.389 e. The molecule has 106 valence electrons. The van der Waals surface area contributed by atoms with Crippen LogP contribution in [0.15, 0.2) is 40.5 Å². The van der Waals surface area contributed by atoms with Crippen LogP contribution in [-0.2, 0) is 11.2 Å². The maximum absolute atomic E-state index is 11.6. The molecule has 0 aliphatic rings. The van der Waals surface area contributed by atoms with Gasteiger partial charge in [0.15, 0.2) is 0 Å². The Kier molecular flexibility index (Phi) is 6.82. The predicted molar refractivity (Wildman–Crippen MR) is 82.8 cm³/mol. The van der Waals surface area contributed by atoms with Gasteiger partial charge in [0.05, 0.1) is 0 Å². The van der Waals surface area contributed by atoms with Crippen LogP contribution >= 0.6 is 15.9 Å². The number of nitriles is 1. The third-order valence-electron chi connectivity index (χ3n) is 2.48. The lowest BCUT2D eigenvalue weighted by Crippen LogP contribution is -2.31. The summed E-state index contributed by atoms with van der Waals surface area (Å²) < 4.78 is 1.04. The molecule has 0 radical (unpaired) electrons. The highest BCUT2D eigenvalue weighted by atomic mass is 79.9. The number of rotatable bonds is 6. The summed E-state index contributed by atoms with van der Waals surface area (Å²) in [5, 5.41) is 14.6. The summed E-state index contributed by atoms with van der Waals surface area (Å²) in [4.78, 5) is 11.6. The van der Waals surface area contributed by atoms with E-state index >= 15 is 0 Å². The summed E-state index contributed by atoms with van der Waals surface area (Å²) in [5.74, 6) is -0.350. The highest BCUT2D eigenvalue weighted by Crippen LogP contribution is 2.11. The number of nitrogens with one attached hydrogen (secondary N) is 2. The molecule has 1 amide bonds. The van der Waals surface area contributed by atoms with E-state index < -0.39 is 0 Å². The van der Waals surface area contributed by atoms with E-state index in [9.17, 15) is 4.79 Å². The van der Waals surface area contributed by atoms with E-state index in [0.29, 0.717) is 6.54 Å². The van der Waals surface area contributed by atoms with Crippen molar-refractivity contribution in [3.05, 3.63) is 46.1 Å². The van der Waals surface area contributed by atoms with Crippen molar-refractivity contribution in [2.75, 3.05) is 6.54 Å². The summed E-state index contributed by atoms with van der Waals surface area (Å²) in [7, 11) is 0. The monoisotopic (exact) mass is 335 g/mol. The summed E-state index contributed by atoms with van der Waals surface area (Å²) in [6, 6.07) is 9.94. The maximum Gasteiger partial charge on any atom is 0.263 e. The number of amides is 1. The van der Waals surface area contributed by atoms with Gasteiger partial charge in [-0.3, -0.25) is 4.79 Å². The molecule has 5 heteroatoms. The Labute approximate surface area is 128 Å². The standard InChI is InChI=1S/C15H18BrN3O/c1-11(2)19-15(20)13(9-17)10-18-7-6-12-4-3-5-14(16)8-12/h3-5,8,10-11,18H,6-7H2,1-2H3,(H,19,20)/b13-10-. The summed E-state index contributed by atoms with van der Waals surface area (Å²) >= 11 is 3.42. The number of carbonyl (C=O) groups excluding carboxylic acids is 1. The zero-order chi connectivity index (χ0) is 15.0. The second kappa shape index (κ2) is 8.39. The largest absolute Gasteiger partial charge is 0.389 e. The first-order chi connectivity index (χ1) is 9.52. The molecule has 1 aromatic carbocycles. The van der Waals surface area contributed by atoms with E-state index in [1.165, 1.54) is 11.8 Å². The van der Waals surface area contributed by atoms with Crippen LogP contribution in [0.3, 0.4) is 0 Å². The molecule has 20 heavy (non-hydrogen) atoms. The molecule has 0 atom stereocenters. The van der Waals surface area contributed by atoms with Gasteiger partial charge in [-0.25, -0.2) is 0 Å². The van der Waals surface area contributed by atoms with Crippen molar-refractivity contribution in [3.8, 4) is 6.07 Å². The average Bonchev–Trinajstić information content (AvgIpc) is 2.38. The lowest BCUT2D eigenvalue weighted by atomic mass is 10.1. The van der Waals surface area contributed by atoms with Crippen LogP contribution in [0.1, 0.15) is 19.4 Å². The van der Waals surface area contributed by atoms with Crippen LogP contribution in [0.5, 0.6) is 0 Å². The molecule has 0 bridgehead atoms. The number of hydrogen-bond donors (Lipinski definition) is 2. The minimum atomic E-state index is -0.350. The Hall–Kier alpha value is -1.80. The van der Waals surface area contributed by atoms with Crippen molar-refractivity contribution in [1.29, 1.82) is 5.26 Å². The molecule has 0 fully saturated rings. The van der Waals surface area contributed by atoms with Crippen LogP contribution in [0.25, 0.3) is 0 Å². The Morgan fingerprint density at radius 1 is 1.50 bits per heavy atom. The molecule has 0 aromatic heterocycles. The van der Waals surface area contributed by atoms with Crippen molar-refractivity contribution in [2.24, 2.45) is 0 Å². The Bertz CT molecular complexity index is 532. The third kappa shape index (κ3) is 5.89. The van der Waals surface area contributed by atoms with Gasteiger partial charge in [-0.15, -0.1) is 0 Å². The molecule has 2 N–H and O–H groups in total. The topological polar surface area (TPSA) is 64.9 Å². The zero-order valence-corrected chi connectivity index (χ0v) is 13.2. The van der Waals surface area contributed by atoms with E-state index in [1.807, 2.05) is 44.2 Å². The van der Waals surface area contributed by atoms with E-state index in [-0.39, 0.29) is 17.5 Å². The lowest BCUT2D eigenvalue weighted by Gasteiger charge is -2.07. The fourth-order valence-corrected chi connectivity index (χ4v) is 2.02. The predicted octanol–water partition coefficient (Wildman–Crippen LogP) is 2.51. The second-order valence-electron chi connectivity index (χ2n) is 4.63. The van der Waals surface area contributed by atoms with Gasteiger partial charge in [-0.1, -0.05) is 28.1 Å². The quantitative estimate of drug-likeness (QED) is 0.477. The highest BCUT2D eigenvalue weighted by molar-refractivity contribution is 9.10. The number of halogens is 1. The molecular formula is C15H18BrN3O. The Morgan fingerprint density at radius 2 is 2.25 bits per heavy atom. The van der Waals surface area contributed by atoms with Crippen LogP contribution in [0, 0.1) is 11.3 Å². The van der Waals surface area contributed by atoms with Gasteiger partial charge in [0.1, 0.15) is 11.6 Å². The van der Waals surface area contributed by atoms with Crippen LogP contribution in [0.2, 0.25) is 0 Å². The molecule has 1 aromatic rings. The smallest absolute Gasteiger partial charge is 0.263 e. The molecule has 0 heterocycles. The van der Waals surface area contributed by atoms with Gasteiger partial charge in [-0.2, -0.15) is 5.26 Å². The first-order valence-corrected chi connectivity index (χ1v) is 7.21. The first-order valence-electron chi connectivity index (χ1n) is 6.42. The fourth-order valence-electron chi connectivity index (χ4n) is 1.57. The van der Waals surface area contributed by atoms with E-state index in [4.69, 9.17) is 5.26 Å². The van der Waals surface area contributed by atoms with Gasteiger partial charge >= 0.3 is 0 Å². The highest BCUT2D eigenvalue weighted by Gasteiger charge is 2.09. The molecule has 0 aliphatic heterocycles. The van der Waals surface area contributed by atoms with Crippen LogP contribution in [0.4, 0.5) is 0 Å². The molecular weight excluding hydrogens is 318 g/mol. The van der Waals surface area contributed by atoms with E-state index in [1.54, 1.807) is 0 Å². The molecule has 1 rings (SSSR count). The van der Waals surface area contributed by atoms with Gasteiger partial charge in [0, 0.05) is 23.3 Å². The molecule has 0 saturated carbocycles. The molecule has 0 aliphatic carbocycles. The van der Waals surface area contributed by atoms with Gasteiger partial charge in [-0.05, 0) is 38.0 Å². The second-order valence-corrected chi connectivity index (χ2v) is 5.55. The summed E-state index contributed by atoms with van der Waals surface area (Å²) in [6.07, 6.45) is 2.29. The first kappa shape index (κ1) is 16.3. The summed E-state index contributed by atoms with van der Waals surface area (Å²) in [5.41, 5.74) is 1.28. The van der Waals surface area contributed by atoms with E-state index in [2.05, 4.69) is 26.6 Å². The average molecular weight is 336 g/mol. The maximum atomic E-state index is 11.6. The molecule has 0 unspecified atom stereocenters. The van der Waals surface area contributed by atoms with Gasteiger partial charge in [0.2, 0.25) is 0 Å². The van der Waals surface area contributed by atoms with Crippen molar-refractivity contribution >= 4 is 21.8 Å². The molecule has 0 spiro atoms. The lowest BCUT2D eigenvalue weighted by molar-refractivity contribution is -0.117. The Morgan fingerprint density at radius 3 is 2.85 bits per heavy atom. The number of hydrogen-bond acceptors (Lipinski definition) is 3. The van der Waals surface area contributed by atoms with Crippen molar-refractivity contribution in [1.82, 2.24) is 10.6 Å². The number of nitrogens with zero attached hydrogens (tertiary/aromatic N) is 1. The minimum absolute atomic E-state index is 0.0147. The van der Waals surface area contributed by atoms with Crippen LogP contribution < -0.4 is 10.6 Å². The van der Waals surface area contributed by atoms with Crippen molar-refractivity contribution in [3.63, 3.8) is 0 Å². The third-order valence-corrected chi connectivity index (χ3v) is 2.97. The number of benzene rings is 1. The SMILES string of the molecule is CC(C)NC(=O)/C(C#N)=C\NCCc1cccc(Br)c1. The normalized spacial score (nSPS) is 11.1. The van der Waals surface area contributed by atoms with Crippen molar-refractivity contribution < 1.29 is 4.79 Å². The van der Waals surface area contributed by atoms with Gasteiger partial charge < -0.3 is 10.6 Å². The number of carbonyl (C=O) groups is 1. The molecule has 0 saturated heterocycles. The van der Waals surface area contributed by atoms with Crippen LogP contribution in [-0.4, -0.2) is 18.5 Å². The van der Waals surface area contributed by atoms with E-state index in [0.717, 1.165) is 10.9 Å². The van der Waals surface area contributed by atoms with Crippen molar-refractivity contribution in [2.45, 2.75) is 26.3 Å². The Balaban J connectivity index is 2.46. The zero-order valence-electron chi connectivity index (χ0n) is 11.6. The molecule has 4 nitrogen and oxygen atoms in total. The summed E-state index contributed by atoms with van der Waals surface area (Å²) in [6.45, 7) is 4.37. The fraction of sp³-hybridized carbons (Fsp3) is 0.333.